The van der Waals surface area contributed by atoms with E-state index in [4.69, 9.17) is 4.74 Å². The molecule has 1 aromatic carbocycles. The first-order valence-electron chi connectivity index (χ1n) is 10.7. The van der Waals surface area contributed by atoms with E-state index in [1.54, 1.807) is 32.9 Å². The first-order valence-corrected chi connectivity index (χ1v) is 11.6. The first-order chi connectivity index (χ1) is 16.4. The predicted octanol–water partition coefficient (Wildman–Crippen LogP) is 0.951. The highest BCUT2D eigenvalue weighted by molar-refractivity contribution is 8.01. The summed E-state index contributed by atoms with van der Waals surface area (Å²) in [6, 6.07) is 3.27. The molecule has 2 aliphatic rings. The smallest absolute Gasteiger partial charge is 0.332 e. The summed E-state index contributed by atoms with van der Waals surface area (Å²) in [6.45, 7) is 6.34. The van der Waals surface area contributed by atoms with Gasteiger partial charge in [0.1, 0.15) is 29.2 Å². The zero-order chi connectivity index (χ0) is 26.1. The molecule has 2 fully saturated rings. The minimum Gasteiger partial charge on any atom is -0.480 e. The minimum atomic E-state index is -1.10. The van der Waals surface area contributed by atoms with Crippen LogP contribution in [-0.4, -0.2) is 69.0 Å². The summed E-state index contributed by atoms with van der Waals surface area (Å²) in [4.78, 5) is 61.9. The van der Waals surface area contributed by atoms with E-state index in [-0.39, 0.29) is 5.75 Å². The van der Waals surface area contributed by atoms with Gasteiger partial charge in [0, 0.05) is 23.4 Å². The Bertz CT molecular complexity index is 1080. The van der Waals surface area contributed by atoms with Gasteiger partial charge < -0.3 is 30.1 Å². The highest BCUT2D eigenvalue weighted by atomic mass is 32.2. The zero-order valence-electron chi connectivity index (χ0n) is 19.9. The maximum absolute atomic E-state index is 13.3. The number of nitrogens with zero attached hydrogens (tertiary/aromatic N) is 1. The summed E-state index contributed by atoms with van der Waals surface area (Å²) in [5.41, 5.74) is 0.812. The number of amides is 2. The molecule has 4 atom stereocenters. The molecule has 1 aromatic rings. The van der Waals surface area contributed by atoms with Crippen molar-refractivity contribution < 1.29 is 38.6 Å². The van der Waals surface area contributed by atoms with Gasteiger partial charge in [-0.1, -0.05) is 12.1 Å². The Balaban J connectivity index is 1.83. The number of carboxylic acid groups (broad SMARTS) is 1. The molecule has 11 nitrogen and oxygen atoms in total. The standard InChI is InChI=1S/C23H27N3O8S/c1-11(10-15(28)33-5)24-16(13-6-8-14(9-7-13)34-12(2)27)19(29)25-17-20(30)26-18(22(31)32)23(3,4)35-21(17)26/h6-10,16-18,21,24H,1-5H3,(H,25,29)(H,31,32)/t16?,17-,18+,21-/m1/s1. The topological polar surface area (TPSA) is 151 Å². The SMILES string of the molecule is COC(=O)C=C(C)NC(C(=O)N[C@@H]1C(=O)N2[C@@H]1SC(C)(C)[C@@H]2C(=O)O)c1ccc(OC(C)=O)cc1. The Morgan fingerprint density at radius 1 is 1.17 bits per heavy atom. The Kier molecular flexibility index (Phi) is 7.44. The van der Waals surface area contributed by atoms with Gasteiger partial charge in [0.25, 0.3) is 0 Å². The lowest BCUT2D eigenvalue weighted by atomic mass is 9.95. The molecule has 1 unspecified atom stereocenters. The molecular formula is C23H27N3O8S. The lowest BCUT2D eigenvalue weighted by Gasteiger charge is -2.44. The average molecular weight is 506 g/mol. The van der Waals surface area contributed by atoms with Crippen molar-refractivity contribution in [3.05, 3.63) is 41.6 Å². The van der Waals surface area contributed by atoms with Gasteiger partial charge in [0.2, 0.25) is 11.8 Å². The normalized spacial score (nSPS) is 23.5. The van der Waals surface area contributed by atoms with E-state index in [9.17, 15) is 29.1 Å². The van der Waals surface area contributed by atoms with Gasteiger partial charge in [0.05, 0.1) is 7.11 Å². The van der Waals surface area contributed by atoms with Gasteiger partial charge in [-0.15, -0.1) is 11.8 Å². The van der Waals surface area contributed by atoms with Crippen molar-refractivity contribution in [1.29, 1.82) is 0 Å². The fourth-order valence-corrected chi connectivity index (χ4v) is 5.71. The molecule has 188 valence electrons. The minimum absolute atomic E-state index is 0.288. The number of fused-ring (bicyclic) bond motifs is 1. The van der Waals surface area contributed by atoms with E-state index in [1.165, 1.54) is 48.9 Å². The molecule has 0 aliphatic carbocycles. The summed E-state index contributed by atoms with van der Waals surface area (Å²) in [6.07, 6.45) is 1.18. The van der Waals surface area contributed by atoms with Crippen LogP contribution in [0.4, 0.5) is 0 Å². The monoisotopic (exact) mass is 505 g/mol. The molecule has 0 bridgehead atoms. The lowest BCUT2D eigenvalue weighted by molar-refractivity contribution is -0.161. The van der Waals surface area contributed by atoms with Crippen molar-refractivity contribution in [3.8, 4) is 5.75 Å². The van der Waals surface area contributed by atoms with Crippen LogP contribution in [0.5, 0.6) is 5.75 Å². The third-order valence-corrected chi connectivity index (χ3v) is 7.19. The van der Waals surface area contributed by atoms with E-state index < -0.39 is 58.0 Å². The molecular weight excluding hydrogens is 478 g/mol. The Labute approximate surface area is 206 Å². The van der Waals surface area contributed by atoms with Crippen LogP contribution in [0, 0.1) is 0 Å². The number of β-lactam (4-membered cyclic amide) rings is 1. The van der Waals surface area contributed by atoms with Crippen molar-refractivity contribution in [2.75, 3.05) is 7.11 Å². The van der Waals surface area contributed by atoms with Crippen LogP contribution in [0.2, 0.25) is 0 Å². The van der Waals surface area contributed by atoms with Crippen LogP contribution in [-0.2, 0) is 28.7 Å². The van der Waals surface area contributed by atoms with Gasteiger partial charge in [-0.3, -0.25) is 14.4 Å². The second kappa shape index (κ2) is 9.98. The van der Waals surface area contributed by atoms with E-state index in [1.807, 2.05) is 0 Å². The summed E-state index contributed by atoms with van der Waals surface area (Å²) >= 11 is 1.32. The Hall–Kier alpha value is -3.54. The zero-order valence-corrected chi connectivity index (χ0v) is 20.7. The number of nitrogens with one attached hydrogen (secondary N) is 2. The third kappa shape index (κ3) is 5.42. The maximum atomic E-state index is 13.3. The third-order valence-electron chi connectivity index (χ3n) is 5.62. The Morgan fingerprint density at radius 3 is 2.34 bits per heavy atom. The number of carbonyl (C=O) groups excluding carboxylic acids is 4. The van der Waals surface area contributed by atoms with Crippen molar-refractivity contribution in [3.63, 3.8) is 0 Å². The fourth-order valence-electron chi connectivity index (χ4n) is 4.08. The van der Waals surface area contributed by atoms with Crippen molar-refractivity contribution >= 4 is 41.5 Å². The molecule has 2 saturated heterocycles. The van der Waals surface area contributed by atoms with Crippen LogP contribution < -0.4 is 15.4 Å². The highest BCUT2D eigenvalue weighted by Crippen LogP contribution is 2.50. The number of hydrogen-bond acceptors (Lipinski definition) is 9. The molecule has 12 heteroatoms. The van der Waals surface area contributed by atoms with E-state index in [0.29, 0.717) is 11.3 Å². The lowest BCUT2D eigenvalue weighted by Crippen LogP contribution is -2.71. The van der Waals surface area contributed by atoms with Crippen molar-refractivity contribution in [2.45, 2.75) is 55.9 Å². The molecule has 0 saturated carbocycles. The van der Waals surface area contributed by atoms with Crippen LogP contribution in [0.1, 0.15) is 39.3 Å². The predicted molar refractivity (Wildman–Crippen MR) is 125 cm³/mol. The molecule has 0 radical (unpaired) electrons. The van der Waals surface area contributed by atoms with E-state index in [2.05, 4.69) is 15.4 Å². The number of benzene rings is 1. The number of rotatable bonds is 8. The van der Waals surface area contributed by atoms with Crippen LogP contribution in [0.3, 0.4) is 0 Å². The van der Waals surface area contributed by atoms with E-state index >= 15 is 0 Å². The van der Waals surface area contributed by atoms with Gasteiger partial charge in [-0.2, -0.15) is 0 Å². The number of ether oxygens (including phenoxy) is 2. The van der Waals surface area contributed by atoms with Crippen LogP contribution in [0.15, 0.2) is 36.0 Å². The largest absolute Gasteiger partial charge is 0.480 e. The number of allylic oxidation sites excluding steroid dienone is 1. The van der Waals surface area contributed by atoms with Gasteiger partial charge in [-0.25, -0.2) is 9.59 Å². The summed E-state index contributed by atoms with van der Waals surface area (Å²) < 4.78 is 8.92. The summed E-state index contributed by atoms with van der Waals surface area (Å²) in [5, 5.41) is 14.7. The number of esters is 2. The number of aliphatic carboxylic acids is 1. The molecule has 0 spiro atoms. The molecule has 2 aliphatic heterocycles. The quantitative estimate of drug-likeness (QED) is 0.202. The average Bonchev–Trinajstić information content (AvgIpc) is 3.03. The number of methoxy groups -OCH3 is 1. The van der Waals surface area contributed by atoms with Gasteiger partial charge in [0.15, 0.2) is 0 Å². The fraction of sp³-hybridized carbons (Fsp3) is 0.435. The van der Waals surface area contributed by atoms with Crippen molar-refractivity contribution in [1.82, 2.24) is 15.5 Å². The second-order valence-electron chi connectivity index (χ2n) is 8.67. The summed E-state index contributed by atoms with van der Waals surface area (Å²) in [5.74, 6) is -2.95. The molecule has 35 heavy (non-hydrogen) atoms. The molecule has 2 amide bonds. The Morgan fingerprint density at radius 2 is 1.80 bits per heavy atom. The number of carboxylic acids is 1. The van der Waals surface area contributed by atoms with Gasteiger partial charge in [-0.05, 0) is 38.5 Å². The molecule has 0 aromatic heterocycles. The second-order valence-corrected chi connectivity index (χ2v) is 10.4. The van der Waals surface area contributed by atoms with Crippen LogP contribution in [0.25, 0.3) is 0 Å². The number of thioether (sulfide) groups is 1. The van der Waals surface area contributed by atoms with E-state index in [0.717, 1.165) is 0 Å². The maximum Gasteiger partial charge on any atom is 0.332 e. The first kappa shape index (κ1) is 26.1. The molecule has 3 rings (SSSR count). The highest BCUT2D eigenvalue weighted by Gasteiger charge is 2.64. The van der Waals surface area contributed by atoms with Crippen molar-refractivity contribution in [2.24, 2.45) is 0 Å². The number of hydrogen-bond donors (Lipinski definition) is 3. The number of carbonyl (C=O) groups is 5. The molecule has 3 N–H and O–H groups in total. The van der Waals surface area contributed by atoms with Crippen LogP contribution >= 0.6 is 11.8 Å². The molecule has 2 heterocycles. The summed E-state index contributed by atoms with van der Waals surface area (Å²) in [7, 11) is 1.23. The van der Waals surface area contributed by atoms with Gasteiger partial charge >= 0.3 is 17.9 Å².